The van der Waals surface area contributed by atoms with Crippen LogP contribution in [0, 0.1) is 21.4 Å². The van der Waals surface area contributed by atoms with Crippen LogP contribution >= 0.6 is 0 Å². The zero-order chi connectivity index (χ0) is 16.2. The summed E-state index contributed by atoms with van der Waals surface area (Å²) in [4.78, 5) is 15.5. The molecular formula is C17H22N4O2. The van der Waals surface area contributed by atoms with Gasteiger partial charge in [0.1, 0.15) is 5.69 Å². The molecule has 1 aliphatic heterocycles. The summed E-state index contributed by atoms with van der Waals surface area (Å²) in [5, 5.41) is 20.2. The summed E-state index contributed by atoms with van der Waals surface area (Å²) in [6.45, 7) is 3.54. The van der Waals surface area contributed by atoms with Crippen molar-refractivity contribution in [1.29, 1.82) is 5.26 Å². The molecule has 0 bridgehead atoms. The van der Waals surface area contributed by atoms with Gasteiger partial charge in [0.2, 0.25) is 0 Å². The molecule has 1 saturated heterocycles. The summed E-state index contributed by atoms with van der Waals surface area (Å²) in [6, 6.07) is 7.42. The first kappa shape index (κ1) is 15.8. The van der Waals surface area contributed by atoms with Crippen LogP contribution in [0.5, 0.6) is 0 Å². The van der Waals surface area contributed by atoms with E-state index in [4.69, 9.17) is 5.26 Å². The van der Waals surface area contributed by atoms with E-state index in [0.29, 0.717) is 17.3 Å². The number of hydrogen-bond donors (Lipinski definition) is 0. The third-order valence-corrected chi connectivity index (χ3v) is 5.05. The van der Waals surface area contributed by atoms with Crippen LogP contribution in [0.4, 0.5) is 11.4 Å². The summed E-state index contributed by atoms with van der Waals surface area (Å²) >= 11 is 0. The molecule has 1 heterocycles. The first-order valence-corrected chi connectivity index (χ1v) is 8.36. The maximum absolute atomic E-state index is 11.3. The molecule has 0 aromatic heterocycles. The zero-order valence-corrected chi connectivity index (χ0v) is 13.3. The molecule has 23 heavy (non-hydrogen) atoms. The van der Waals surface area contributed by atoms with Crippen LogP contribution in [-0.4, -0.2) is 42.0 Å². The molecule has 2 aliphatic rings. The highest BCUT2D eigenvalue weighted by Crippen LogP contribution is 2.31. The molecule has 1 aliphatic carbocycles. The maximum Gasteiger partial charge on any atom is 0.293 e. The number of piperazine rings is 1. The molecular weight excluding hydrogens is 292 g/mol. The normalized spacial score (nSPS) is 20.2. The number of benzene rings is 1. The summed E-state index contributed by atoms with van der Waals surface area (Å²) in [5.41, 5.74) is 1.01. The molecule has 0 atom stereocenters. The third kappa shape index (κ3) is 3.45. The average molecular weight is 314 g/mol. The Morgan fingerprint density at radius 1 is 1.13 bits per heavy atom. The molecule has 1 aromatic carbocycles. The van der Waals surface area contributed by atoms with E-state index in [0.717, 1.165) is 26.2 Å². The Balaban J connectivity index is 1.70. The van der Waals surface area contributed by atoms with Gasteiger partial charge in [-0.15, -0.1) is 0 Å². The van der Waals surface area contributed by atoms with E-state index < -0.39 is 0 Å². The summed E-state index contributed by atoms with van der Waals surface area (Å²) < 4.78 is 0. The third-order valence-electron chi connectivity index (χ3n) is 5.05. The Morgan fingerprint density at radius 3 is 2.43 bits per heavy atom. The summed E-state index contributed by atoms with van der Waals surface area (Å²) in [7, 11) is 0. The van der Waals surface area contributed by atoms with E-state index in [1.54, 1.807) is 12.1 Å². The number of nitrogens with zero attached hydrogens (tertiary/aromatic N) is 4. The van der Waals surface area contributed by atoms with Gasteiger partial charge in [-0.1, -0.05) is 19.3 Å². The first-order chi connectivity index (χ1) is 11.2. The van der Waals surface area contributed by atoms with Gasteiger partial charge in [-0.05, 0) is 25.0 Å². The van der Waals surface area contributed by atoms with Crippen molar-refractivity contribution in [2.75, 3.05) is 31.1 Å². The molecule has 0 unspecified atom stereocenters. The van der Waals surface area contributed by atoms with Gasteiger partial charge in [0.05, 0.1) is 16.6 Å². The molecule has 6 heteroatoms. The van der Waals surface area contributed by atoms with Gasteiger partial charge >= 0.3 is 0 Å². The smallest absolute Gasteiger partial charge is 0.293 e. The van der Waals surface area contributed by atoms with Crippen molar-refractivity contribution in [3.05, 3.63) is 33.9 Å². The van der Waals surface area contributed by atoms with Gasteiger partial charge in [-0.25, -0.2) is 0 Å². The van der Waals surface area contributed by atoms with Gasteiger partial charge < -0.3 is 4.90 Å². The summed E-state index contributed by atoms with van der Waals surface area (Å²) in [5.74, 6) is 0. The molecule has 1 saturated carbocycles. The second-order valence-electron chi connectivity index (χ2n) is 6.39. The standard InChI is InChI=1S/C17H22N4O2/c18-13-14-6-7-16(17(12-14)21(22)23)20-10-8-19(9-11-20)15-4-2-1-3-5-15/h6-7,12,15H,1-5,8-11H2. The van der Waals surface area contributed by atoms with Crippen molar-refractivity contribution in [1.82, 2.24) is 4.90 Å². The Labute approximate surface area is 136 Å². The summed E-state index contributed by atoms with van der Waals surface area (Å²) in [6.07, 6.45) is 6.58. The molecule has 0 radical (unpaired) electrons. The number of nitro benzene ring substituents is 1. The van der Waals surface area contributed by atoms with E-state index in [9.17, 15) is 10.1 Å². The highest BCUT2D eigenvalue weighted by molar-refractivity contribution is 5.65. The SMILES string of the molecule is N#Cc1ccc(N2CCN(C3CCCCC3)CC2)c([N+](=O)[O-])c1. The predicted octanol–water partition coefficient (Wildman–Crippen LogP) is 2.92. The van der Waals surface area contributed by atoms with E-state index in [-0.39, 0.29) is 10.6 Å². The lowest BCUT2D eigenvalue weighted by Gasteiger charge is -2.41. The Morgan fingerprint density at radius 2 is 1.83 bits per heavy atom. The van der Waals surface area contributed by atoms with E-state index in [1.165, 1.54) is 38.2 Å². The minimum atomic E-state index is -0.385. The van der Waals surface area contributed by atoms with Crippen molar-refractivity contribution < 1.29 is 4.92 Å². The van der Waals surface area contributed by atoms with E-state index in [1.807, 2.05) is 6.07 Å². The Kier molecular flexibility index (Phi) is 4.77. The van der Waals surface area contributed by atoms with Crippen LogP contribution < -0.4 is 4.90 Å². The number of nitro groups is 1. The minimum Gasteiger partial charge on any atom is -0.363 e. The van der Waals surface area contributed by atoms with Gasteiger partial charge in [0, 0.05) is 38.3 Å². The van der Waals surface area contributed by atoms with Crippen LogP contribution in [0.3, 0.4) is 0 Å². The Bertz CT molecular complexity index is 612. The number of anilines is 1. The minimum absolute atomic E-state index is 0.0372. The fourth-order valence-corrected chi connectivity index (χ4v) is 3.78. The fraction of sp³-hybridized carbons (Fsp3) is 0.588. The highest BCUT2D eigenvalue weighted by Gasteiger charge is 2.28. The first-order valence-electron chi connectivity index (χ1n) is 8.36. The van der Waals surface area contributed by atoms with Crippen LogP contribution in [0.1, 0.15) is 37.7 Å². The van der Waals surface area contributed by atoms with Crippen molar-refractivity contribution in [3.63, 3.8) is 0 Å². The average Bonchev–Trinajstić information content (AvgIpc) is 2.62. The predicted molar refractivity (Wildman–Crippen MR) is 88.5 cm³/mol. The zero-order valence-electron chi connectivity index (χ0n) is 13.3. The quantitative estimate of drug-likeness (QED) is 0.633. The molecule has 0 spiro atoms. The lowest BCUT2D eigenvalue weighted by molar-refractivity contribution is -0.384. The van der Waals surface area contributed by atoms with Crippen molar-refractivity contribution in [2.24, 2.45) is 0 Å². The second-order valence-corrected chi connectivity index (χ2v) is 6.39. The van der Waals surface area contributed by atoms with Crippen molar-refractivity contribution >= 4 is 11.4 Å². The maximum atomic E-state index is 11.3. The molecule has 1 aromatic rings. The highest BCUT2D eigenvalue weighted by atomic mass is 16.6. The lowest BCUT2D eigenvalue weighted by atomic mass is 9.94. The van der Waals surface area contributed by atoms with E-state index >= 15 is 0 Å². The van der Waals surface area contributed by atoms with Crippen LogP contribution in [0.25, 0.3) is 0 Å². The van der Waals surface area contributed by atoms with Crippen LogP contribution in [0.15, 0.2) is 18.2 Å². The lowest BCUT2D eigenvalue weighted by Crippen LogP contribution is -2.51. The molecule has 6 nitrogen and oxygen atoms in total. The van der Waals surface area contributed by atoms with Crippen molar-refractivity contribution in [2.45, 2.75) is 38.1 Å². The molecule has 0 amide bonds. The van der Waals surface area contributed by atoms with Crippen LogP contribution in [0.2, 0.25) is 0 Å². The topological polar surface area (TPSA) is 73.4 Å². The van der Waals surface area contributed by atoms with E-state index in [2.05, 4.69) is 9.80 Å². The molecule has 0 N–H and O–H groups in total. The number of rotatable bonds is 3. The van der Waals surface area contributed by atoms with Crippen molar-refractivity contribution in [3.8, 4) is 6.07 Å². The monoisotopic (exact) mass is 314 g/mol. The van der Waals surface area contributed by atoms with Gasteiger partial charge in [0.25, 0.3) is 5.69 Å². The molecule has 2 fully saturated rings. The molecule has 3 rings (SSSR count). The Hall–Kier alpha value is -2.13. The largest absolute Gasteiger partial charge is 0.363 e. The van der Waals surface area contributed by atoms with Gasteiger partial charge in [0.15, 0.2) is 0 Å². The molecule has 122 valence electrons. The number of nitriles is 1. The van der Waals surface area contributed by atoms with Crippen LogP contribution in [-0.2, 0) is 0 Å². The second kappa shape index (κ2) is 6.97. The number of hydrogen-bond acceptors (Lipinski definition) is 5. The van der Waals surface area contributed by atoms with Gasteiger partial charge in [-0.2, -0.15) is 5.26 Å². The van der Waals surface area contributed by atoms with Gasteiger partial charge in [-0.3, -0.25) is 15.0 Å². The fourth-order valence-electron chi connectivity index (χ4n) is 3.78.